The van der Waals surface area contributed by atoms with Crippen LogP contribution in [0.4, 0.5) is 5.69 Å². The third-order valence-corrected chi connectivity index (χ3v) is 6.66. The first kappa shape index (κ1) is 41.4. The molecule has 0 saturated carbocycles. The Morgan fingerprint density at radius 2 is 0.653 bits per heavy atom. The van der Waals surface area contributed by atoms with E-state index in [1.165, 1.54) is 0 Å². The average Bonchev–Trinajstić information content (AvgIpc) is 3.08. The van der Waals surface area contributed by atoms with Gasteiger partial charge in [0, 0.05) is 12.1 Å². The molecule has 49 heavy (non-hydrogen) atoms. The number of hydrogen-bond acceptors (Lipinski definition) is 9. The lowest BCUT2D eigenvalue weighted by molar-refractivity contribution is -0.139. The lowest BCUT2D eigenvalue weighted by atomic mass is 10.1. The minimum absolute atomic E-state index is 0.266. The van der Waals surface area contributed by atoms with Crippen molar-refractivity contribution in [2.24, 2.45) is 22.9 Å². The summed E-state index contributed by atoms with van der Waals surface area (Å²) in [6, 6.07) is 31.9. The van der Waals surface area contributed by atoms with E-state index in [2.05, 4.69) is 0 Å². The van der Waals surface area contributed by atoms with Crippen LogP contribution in [-0.2, 0) is 44.9 Å². The van der Waals surface area contributed by atoms with E-state index in [-0.39, 0.29) is 6.42 Å². The number of carbonyl (C=O) groups is 4. The first-order chi connectivity index (χ1) is 23.2. The fourth-order valence-corrected chi connectivity index (χ4v) is 3.91. The summed E-state index contributed by atoms with van der Waals surface area (Å²) in [6.07, 6.45) is 1.42. The number of hydrogen-bond donors (Lipinski definition) is 9. The van der Waals surface area contributed by atoms with Gasteiger partial charge in [-0.3, -0.25) is 19.2 Å². The Kier molecular flexibility index (Phi) is 19.3. The second kappa shape index (κ2) is 22.8. The zero-order chi connectivity index (χ0) is 36.8. The van der Waals surface area contributed by atoms with Crippen molar-refractivity contribution in [1.82, 2.24) is 0 Å². The Labute approximate surface area is 285 Å². The molecule has 0 bridgehead atoms. The monoisotopic (exact) mass is 675 g/mol. The van der Waals surface area contributed by atoms with Crippen molar-refractivity contribution < 1.29 is 39.6 Å². The molecule has 4 atom stereocenters. The molecule has 13 nitrogen and oxygen atoms in total. The molecule has 0 fully saturated rings. The smallest absolute Gasteiger partial charge is 0.320 e. The molecule has 4 rings (SSSR count). The minimum Gasteiger partial charge on any atom is -0.480 e. The van der Waals surface area contributed by atoms with Gasteiger partial charge in [-0.2, -0.15) is 0 Å². The summed E-state index contributed by atoms with van der Waals surface area (Å²) in [5.74, 6) is -3.89. The van der Waals surface area contributed by atoms with Crippen LogP contribution in [0.5, 0.6) is 0 Å². The van der Waals surface area contributed by atoms with E-state index in [0.29, 0.717) is 24.9 Å². The maximum Gasteiger partial charge on any atom is 0.320 e. The lowest BCUT2D eigenvalue weighted by Crippen LogP contribution is -2.32. The first-order valence-corrected chi connectivity index (χ1v) is 15.1. The van der Waals surface area contributed by atoms with Crippen LogP contribution in [0.3, 0.4) is 0 Å². The summed E-state index contributed by atoms with van der Waals surface area (Å²) in [5, 5.41) is 34.1. The molecule has 0 radical (unpaired) electrons. The molecule has 0 aromatic heterocycles. The molecule has 262 valence electrons. The predicted molar refractivity (Wildman–Crippen MR) is 187 cm³/mol. The molecule has 13 heteroatoms. The molecular formula is C36H45N5O8. The van der Waals surface area contributed by atoms with Gasteiger partial charge in [0.2, 0.25) is 0 Å². The van der Waals surface area contributed by atoms with Crippen molar-refractivity contribution in [3.8, 4) is 0 Å². The van der Waals surface area contributed by atoms with Crippen molar-refractivity contribution in [2.75, 3.05) is 5.73 Å². The average molecular weight is 676 g/mol. The molecule has 0 aliphatic rings. The number of carboxylic acid groups (broad SMARTS) is 4. The molecule has 0 saturated heterocycles. The van der Waals surface area contributed by atoms with Crippen LogP contribution >= 0.6 is 0 Å². The number of nitrogen functional groups attached to an aromatic ring is 1. The molecule has 14 N–H and O–H groups in total. The summed E-state index contributed by atoms with van der Waals surface area (Å²) in [7, 11) is 0. The van der Waals surface area contributed by atoms with Gasteiger partial charge in [0.15, 0.2) is 0 Å². The summed E-state index contributed by atoms with van der Waals surface area (Å²) in [5.41, 5.74) is 31.2. The zero-order valence-corrected chi connectivity index (χ0v) is 26.9. The van der Waals surface area contributed by atoms with Gasteiger partial charge in [-0.1, -0.05) is 109 Å². The molecule has 0 aliphatic heterocycles. The number of aliphatic carboxylic acids is 4. The number of anilines is 1. The van der Waals surface area contributed by atoms with Gasteiger partial charge < -0.3 is 49.1 Å². The second-order valence-corrected chi connectivity index (χ2v) is 10.8. The van der Waals surface area contributed by atoms with Crippen LogP contribution in [0.15, 0.2) is 115 Å². The quantitative estimate of drug-likeness (QED) is 0.0975. The van der Waals surface area contributed by atoms with E-state index in [1.54, 1.807) is 24.3 Å². The van der Waals surface area contributed by atoms with Crippen molar-refractivity contribution in [1.29, 1.82) is 0 Å². The number of rotatable bonds is 12. The SMILES string of the molecule is N[C@@H](Cc1ccccc1)C(=O)O.N[C@@H](Cc1ccccc1)C(=O)O.N[C@@H](Cc1ccccc1)C(=O)O.Nc1ccccc1C[C@H](N)C(=O)O. The van der Waals surface area contributed by atoms with Crippen LogP contribution in [0, 0.1) is 0 Å². The Morgan fingerprint density at radius 1 is 0.408 bits per heavy atom. The standard InChI is InChI=1S/C9H12N2O2.3C9H11NO2/c10-7-4-2-1-3-6(7)5-8(11)9(12)13;3*10-8(9(11)12)6-7-4-2-1-3-5-7/h1-4,8H,5,10-11H2,(H,12,13);3*1-5,8H,6,10H2,(H,11,12)/t4*8-/m0000/s1. The third kappa shape index (κ3) is 18.4. The van der Waals surface area contributed by atoms with Crippen molar-refractivity contribution in [3.63, 3.8) is 0 Å². The molecule has 0 spiro atoms. The maximum absolute atomic E-state index is 10.4. The molecule has 4 aromatic rings. The summed E-state index contributed by atoms with van der Waals surface area (Å²) >= 11 is 0. The fourth-order valence-electron chi connectivity index (χ4n) is 3.91. The Balaban J connectivity index is 0.000000327. The summed E-state index contributed by atoms with van der Waals surface area (Å²) in [4.78, 5) is 41.6. The number of nitrogens with two attached hydrogens (primary N) is 5. The van der Waals surface area contributed by atoms with Crippen LogP contribution in [0.1, 0.15) is 22.3 Å². The number of carboxylic acids is 4. The molecule has 0 aliphatic carbocycles. The summed E-state index contributed by atoms with van der Waals surface area (Å²) < 4.78 is 0. The maximum atomic E-state index is 10.4. The highest BCUT2D eigenvalue weighted by atomic mass is 16.4. The van der Waals surface area contributed by atoms with Crippen LogP contribution < -0.4 is 28.7 Å². The van der Waals surface area contributed by atoms with Gasteiger partial charge in [0.05, 0.1) is 0 Å². The lowest BCUT2D eigenvalue weighted by Gasteiger charge is -2.08. The first-order valence-electron chi connectivity index (χ1n) is 15.1. The van der Waals surface area contributed by atoms with E-state index >= 15 is 0 Å². The van der Waals surface area contributed by atoms with Crippen LogP contribution in [0.2, 0.25) is 0 Å². The van der Waals surface area contributed by atoms with Gasteiger partial charge in [-0.05, 0) is 47.6 Å². The van der Waals surface area contributed by atoms with Gasteiger partial charge in [0.1, 0.15) is 24.2 Å². The molecule has 4 aromatic carbocycles. The number of benzene rings is 4. The van der Waals surface area contributed by atoms with Gasteiger partial charge >= 0.3 is 23.9 Å². The molecule has 0 amide bonds. The van der Waals surface area contributed by atoms with E-state index in [1.807, 2.05) is 91.0 Å². The number of para-hydroxylation sites is 1. The van der Waals surface area contributed by atoms with E-state index < -0.39 is 48.0 Å². The van der Waals surface area contributed by atoms with Crippen molar-refractivity contribution in [3.05, 3.63) is 138 Å². The van der Waals surface area contributed by atoms with E-state index in [0.717, 1.165) is 22.3 Å². The third-order valence-electron chi connectivity index (χ3n) is 6.66. The summed E-state index contributed by atoms with van der Waals surface area (Å²) in [6.45, 7) is 0. The molecular weight excluding hydrogens is 630 g/mol. The van der Waals surface area contributed by atoms with Gasteiger partial charge in [-0.25, -0.2) is 0 Å². The highest BCUT2D eigenvalue weighted by Gasteiger charge is 2.14. The highest BCUT2D eigenvalue weighted by molar-refractivity contribution is 5.75. The zero-order valence-electron chi connectivity index (χ0n) is 26.9. The topological polar surface area (TPSA) is 279 Å². The van der Waals surface area contributed by atoms with Crippen LogP contribution in [-0.4, -0.2) is 68.5 Å². The molecule has 0 unspecified atom stereocenters. The van der Waals surface area contributed by atoms with E-state index in [9.17, 15) is 19.2 Å². The predicted octanol–water partition coefficient (Wildman–Crippen LogP) is 2.15. The van der Waals surface area contributed by atoms with Crippen LogP contribution in [0.25, 0.3) is 0 Å². The Morgan fingerprint density at radius 3 is 0.918 bits per heavy atom. The Bertz CT molecular complexity index is 1420. The van der Waals surface area contributed by atoms with Crippen molar-refractivity contribution in [2.45, 2.75) is 49.9 Å². The Hall–Kier alpha value is -5.60. The van der Waals surface area contributed by atoms with Crippen molar-refractivity contribution >= 4 is 29.6 Å². The molecule has 0 heterocycles. The van der Waals surface area contributed by atoms with E-state index in [4.69, 9.17) is 49.1 Å². The second-order valence-electron chi connectivity index (χ2n) is 10.8. The normalized spacial score (nSPS) is 12.4. The van der Waals surface area contributed by atoms with Gasteiger partial charge in [0.25, 0.3) is 0 Å². The highest BCUT2D eigenvalue weighted by Crippen LogP contribution is 2.12. The van der Waals surface area contributed by atoms with Gasteiger partial charge in [-0.15, -0.1) is 0 Å². The largest absolute Gasteiger partial charge is 0.480 e. The minimum atomic E-state index is -1.01. The fraction of sp³-hybridized carbons (Fsp3) is 0.222.